The highest BCUT2D eigenvalue weighted by Crippen LogP contribution is 2.29. The molecule has 0 aliphatic rings. The van der Waals surface area contributed by atoms with Crippen molar-refractivity contribution in [2.75, 3.05) is 11.9 Å². The number of aryl methyl sites for hydroxylation is 1. The first-order valence-electron chi connectivity index (χ1n) is 5.63. The summed E-state index contributed by atoms with van der Waals surface area (Å²) in [6.07, 6.45) is -3.11. The number of hydrogen-bond acceptors (Lipinski definition) is 4. The van der Waals surface area contributed by atoms with Gasteiger partial charge in [-0.2, -0.15) is 13.2 Å². The van der Waals surface area contributed by atoms with Gasteiger partial charge in [0.2, 0.25) is 5.82 Å². The molecule has 0 aliphatic heterocycles. The molecule has 20 heavy (non-hydrogen) atoms. The molecule has 0 bridgehead atoms. The van der Waals surface area contributed by atoms with E-state index in [0.717, 1.165) is 5.56 Å². The Morgan fingerprint density at radius 1 is 1.35 bits per heavy atom. The van der Waals surface area contributed by atoms with Gasteiger partial charge in [0, 0.05) is 25.2 Å². The highest BCUT2D eigenvalue weighted by atomic mass is 35.5. The molecule has 108 valence electrons. The molecule has 0 amide bonds. The molecule has 0 radical (unpaired) electrons. The fraction of sp³-hybridized carbons (Fsp3) is 0.333. The molecular formula is C12H11ClF3N3O. The average molecular weight is 306 g/mol. The van der Waals surface area contributed by atoms with Crippen LogP contribution >= 0.6 is 11.6 Å². The lowest BCUT2D eigenvalue weighted by Crippen LogP contribution is -2.20. The normalized spacial score (nSPS) is 11.7. The maximum atomic E-state index is 12.6. The Labute approximate surface area is 118 Å². The van der Waals surface area contributed by atoms with Crippen LogP contribution in [0.4, 0.5) is 19.0 Å². The summed E-state index contributed by atoms with van der Waals surface area (Å²) < 4.78 is 43.0. The van der Waals surface area contributed by atoms with E-state index in [4.69, 9.17) is 16.0 Å². The molecule has 0 atom stereocenters. The van der Waals surface area contributed by atoms with Gasteiger partial charge in [0.25, 0.3) is 0 Å². The van der Waals surface area contributed by atoms with Crippen LogP contribution in [-0.2, 0) is 12.7 Å². The van der Waals surface area contributed by atoms with Crippen molar-refractivity contribution < 1.29 is 17.6 Å². The largest absolute Gasteiger partial charge is 0.469 e. The molecule has 0 aliphatic carbocycles. The third kappa shape index (κ3) is 3.22. The number of furan rings is 1. The number of alkyl halides is 3. The minimum Gasteiger partial charge on any atom is -0.469 e. The van der Waals surface area contributed by atoms with E-state index in [1.807, 2.05) is 0 Å². The summed E-state index contributed by atoms with van der Waals surface area (Å²) in [5.74, 6) is -0.457. The van der Waals surface area contributed by atoms with Crippen molar-refractivity contribution in [1.82, 2.24) is 9.97 Å². The van der Waals surface area contributed by atoms with Gasteiger partial charge in [0.05, 0.1) is 6.26 Å². The topological polar surface area (TPSA) is 42.2 Å². The molecule has 2 aromatic heterocycles. The molecule has 4 nitrogen and oxygen atoms in total. The third-order valence-electron chi connectivity index (χ3n) is 2.70. The fourth-order valence-electron chi connectivity index (χ4n) is 1.64. The van der Waals surface area contributed by atoms with E-state index in [9.17, 15) is 13.2 Å². The molecule has 0 saturated heterocycles. The summed E-state index contributed by atoms with van der Waals surface area (Å²) in [4.78, 5) is 8.22. The Morgan fingerprint density at radius 2 is 2.05 bits per heavy atom. The van der Waals surface area contributed by atoms with Crippen molar-refractivity contribution in [2.45, 2.75) is 19.6 Å². The van der Waals surface area contributed by atoms with E-state index in [2.05, 4.69) is 9.97 Å². The molecule has 0 spiro atoms. The van der Waals surface area contributed by atoms with Crippen LogP contribution in [0.3, 0.4) is 0 Å². The second-order valence-electron chi connectivity index (χ2n) is 4.23. The monoisotopic (exact) mass is 305 g/mol. The molecule has 8 heteroatoms. The van der Waals surface area contributed by atoms with Crippen molar-refractivity contribution in [1.29, 1.82) is 0 Å². The lowest BCUT2D eigenvalue weighted by molar-refractivity contribution is -0.144. The Kier molecular flexibility index (Phi) is 3.89. The van der Waals surface area contributed by atoms with Crippen molar-refractivity contribution in [2.24, 2.45) is 0 Å². The Bertz CT molecular complexity index is 612. The van der Waals surface area contributed by atoms with Crippen LogP contribution in [0.5, 0.6) is 0 Å². The Morgan fingerprint density at radius 3 is 2.60 bits per heavy atom. The molecule has 2 aromatic rings. The van der Waals surface area contributed by atoms with Gasteiger partial charge in [-0.1, -0.05) is 11.6 Å². The smallest absolute Gasteiger partial charge is 0.451 e. The molecule has 0 saturated carbocycles. The number of anilines is 1. The van der Waals surface area contributed by atoms with Gasteiger partial charge in [-0.15, -0.1) is 0 Å². The second kappa shape index (κ2) is 5.32. The molecule has 2 rings (SSSR count). The van der Waals surface area contributed by atoms with Crippen molar-refractivity contribution >= 4 is 17.4 Å². The summed E-state index contributed by atoms with van der Waals surface area (Å²) >= 11 is 5.62. The van der Waals surface area contributed by atoms with E-state index in [1.54, 1.807) is 24.9 Å². The minimum atomic E-state index is -4.63. The van der Waals surface area contributed by atoms with E-state index in [0.29, 0.717) is 12.3 Å². The number of halogens is 4. The zero-order chi connectivity index (χ0) is 14.9. The van der Waals surface area contributed by atoms with Gasteiger partial charge in [-0.05, 0) is 13.0 Å². The molecule has 0 unspecified atom stereocenters. The van der Waals surface area contributed by atoms with Gasteiger partial charge in [0.15, 0.2) is 0 Å². The summed E-state index contributed by atoms with van der Waals surface area (Å²) in [7, 11) is 1.62. The third-order valence-corrected chi connectivity index (χ3v) is 2.89. The van der Waals surface area contributed by atoms with Crippen LogP contribution in [0.2, 0.25) is 5.15 Å². The highest BCUT2D eigenvalue weighted by molar-refractivity contribution is 6.29. The van der Waals surface area contributed by atoms with Crippen LogP contribution in [0.1, 0.15) is 17.1 Å². The van der Waals surface area contributed by atoms with E-state index < -0.39 is 12.0 Å². The summed E-state index contributed by atoms with van der Waals surface area (Å²) in [6, 6.07) is 3.03. The van der Waals surface area contributed by atoms with Gasteiger partial charge in [-0.3, -0.25) is 0 Å². The van der Waals surface area contributed by atoms with Crippen LogP contribution in [0.25, 0.3) is 0 Å². The lowest BCUT2D eigenvalue weighted by atomic mass is 10.2. The molecule has 0 aromatic carbocycles. The van der Waals surface area contributed by atoms with Crippen molar-refractivity contribution in [3.63, 3.8) is 0 Å². The van der Waals surface area contributed by atoms with Gasteiger partial charge in [-0.25, -0.2) is 9.97 Å². The minimum absolute atomic E-state index is 0.0953. The summed E-state index contributed by atoms with van der Waals surface area (Å²) in [5.41, 5.74) is 0.857. The molecule has 2 heterocycles. The maximum absolute atomic E-state index is 12.6. The second-order valence-corrected chi connectivity index (χ2v) is 4.62. The average Bonchev–Trinajstić information content (AvgIpc) is 2.73. The van der Waals surface area contributed by atoms with Gasteiger partial charge >= 0.3 is 6.18 Å². The van der Waals surface area contributed by atoms with Crippen molar-refractivity contribution in [3.8, 4) is 0 Å². The Balaban J connectivity index is 2.28. The van der Waals surface area contributed by atoms with Gasteiger partial charge in [0.1, 0.15) is 16.7 Å². The molecule has 0 fully saturated rings. The van der Waals surface area contributed by atoms with Gasteiger partial charge < -0.3 is 9.32 Å². The predicted molar refractivity (Wildman–Crippen MR) is 67.6 cm³/mol. The fourth-order valence-corrected chi connectivity index (χ4v) is 1.82. The zero-order valence-corrected chi connectivity index (χ0v) is 11.5. The van der Waals surface area contributed by atoms with E-state index in [-0.39, 0.29) is 11.0 Å². The summed E-state index contributed by atoms with van der Waals surface area (Å²) in [5, 5.41) is -0.252. The number of hydrogen-bond donors (Lipinski definition) is 0. The highest BCUT2D eigenvalue weighted by Gasteiger charge is 2.35. The van der Waals surface area contributed by atoms with Crippen LogP contribution in [-0.4, -0.2) is 17.0 Å². The zero-order valence-electron chi connectivity index (χ0n) is 10.7. The standard InChI is InChI=1S/C12H11ClF3N3O/c1-7-8(3-4-20-7)6-19(2)10-5-9(13)17-11(18-10)12(14,15)16/h3-5H,6H2,1-2H3. The van der Waals surface area contributed by atoms with Crippen LogP contribution < -0.4 is 4.90 Å². The first-order chi connectivity index (χ1) is 9.27. The first kappa shape index (κ1) is 14.6. The van der Waals surface area contributed by atoms with Crippen LogP contribution in [0, 0.1) is 6.92 Å². The SMILES string of the molecule is Cc1occc1CN(C)c1cc(Cl)nc(C(F)(F)F)n1. The summed E-state index contributed by atoms with van der Waals surface area (Å²) in [6.45, 7) is 2.13. The number of nitrogens with zero attached hydrogens (tertiary/aromatic N) is 3. The molecular weight excluding hydrogens is 295 g/mol. The van der Waals surface area contributed by atoms with Crippen LogP contribution in [0.15, 0.2) is 22.8 Å². The Hall–Kier alpha value is -1.76. The van der Waals surface area contributed by atoms with Crippen molar-refractivity contribution in [3.05, 3.63) is 40.7 Å². The van der Waals surface area contributed by atoms with E-state index in [1.165, 1.54) is 12.3 Å². The first-order valence-corrected chi connectivity index (χ1v) is 6.01. The number of aromatic nitrogens is 2. The lowest BCUT2D eigenvalue weighted by Gasteiger charge is -2.19. The maximum Gasteiger partial charge on any atom is 0.451 e. The number of rotatable bonds is 3. The quantitative estimate of drug-likeness (QED) is 0.811. The predicted octanol–water partition coefficient (Wildman–Crippen LogP) is 3.69. The molecule has 0 N–H and O–H groups in total. The van der Waals surface area contributed by atoms with E-state index >= 15 is 0 Å².